The molecule has 0 saturated carbocycles. The van der Waals surface area contributed by atoms with E-state index in [1.54, 1.807) is 13.0 Å². The SMILES string of the molecule is Cc1ccc(S(=O)(=O)N2C[C@H](O)C[C@@H]2C(=O)O)s1. The molecule has 2 N–H and O–H groups in total. The van der Waals surface area contributed by atoms with Gasteiger partial charge in [-0.2, -0.15) is 4.31 Å². The molecule has 0 amide bonds. The maximum absolute atomic E-state index is 12.3. The van der Waals surface area contributed by atoms with Crippen LogP contribution in [0.3, 0.4) is 0 Å². The van der Waals surface area contributed by atoms with Gasteiger partial charge in [0.1, 0.15) is 10.3 Å². The van der Waals surface area contributed by atoms with Crippen LogP contribution in [0.4, 0.5) is 0 Å². The average Bonchev–Trinajstić information content (AvgIpc) is 2.84. The fourth-order valence-electron chi connectivity index (χ4n) is 1.94. The van der Waals surface area contributed by atoms with Crippen LogP contribution in [0.5, 0.6) is 0 Å². The Hall–Kier alpha value is -0.960. The van der Waals surface area contributed by atoms with Crippen molar-refractivity contribution < 1.29 is 23.4 Å². The molecule has 1 fully saturated rings. The molecule has 0 radical (unpaired) electrons. The molecule has 8 heteroatoms. The molecule has 0 aliphatic carbocycles. The van der Waals surface area contributed by atoms with Crippen LogP contribution in [0.15, 0.2) is 16.3 Å². The van der Waals surface area contributed by atoms with Crippen LogP contribution < -0.4 is 0 Å². The van der Waals surface area contributed by atoms with Gasteiger partial charge in [-0.3, -0.25) is 4.79 Å². The molecule has 18 heavy (non-hydrogen) atoms. The molecule has 1 aromatic heterocycles. The van der Waals surface area contributed by atoms with E-state index in [-0.39, 0.29) is 17.2 Å². The molecule has 0 bridgehead atoms. The zero-order valence-corrected chi connectivity index (χ0v) is 11.2. The predicted molar refractivity (Wildman–Crippen MR) is 65.0 cm³/mol. The molecule has 1 saturated heterocycles. The van der Waals surface area contributed by atoms with E-state index in [1.807, 2.05) is 0 Å². The van der Waals surface area contributed by atoms with Gasteiger partial charge in [0.15, 0.2) is 0 Å². The summed E-state index contributed by atoms with van der Waals surface area (Å²) in [5.74, 6) is -1.23. The maximum atomic E-state index is 12.3. The first-order valence-electron chi connectivity index (χ1n) is 5.31. The number of carboxylic acid groups (broad SMARTS) is 1. The molecule has 0 unspecified atom stereocenters. The van der Waals surface area contributed by atoms with E-state index in [9.17, 15) is 18.3 Å². The smallest absolute Gasteiger partial charge is 0.322 e. The number of aryl methyl sites for hydroxylation is 1. The summed E-state index contributed by atoms with van der Waals surface area (Å²) in [5, 5.41) is 18.5. The van der Waals surface area contributed by atoms with E-state index >= 15 is 0 Å². The van der Waals surface area contributed by atoms with Crippen LogP contribution in [-0.4, -0.2) is 47.6 Å². The second kappa shape index (κ2) is 4.61. The number of thiophene rings is 1. The Morgan fingerprint density at radius 2 is 2.17 bits per heavy atom. The van der Waals surface area contributed by atoms with Gasteiger partial charge < -0.3 is 10.2 Å². The van der Waals surface area contributed by atoms with Crippen LogP contribution in [0.25, 0.3) is 0 Å². The fourth-order valence-corrected chi connectivity index (χ4v) is 4.98. The lowest BCUT2D eigenvalue weighted by atomic mass is 10.2. The minimum Gasteiger partial charge on any atom is -0.480 e. The van der Waals surface area contributed by atoms with Gasteiger partial charge in [0.05, 0.1) is 6.10 Å². The maximum Gasteiger partial charge on any atom is 0.322 e. The van der Waals surface area contributed by atoms with Crippen LogP contribution in [0.1, 0.15) is 11.3 Å². The van der Waals surface area contributed by atoms with Crippen molar-refractivity contribution in [2.75, 3.05) is 6.54 Å². The third kappa shape index (κ3) is 2.28. The van der Waals surface area contributed by atoms with E-state index in [2.05, 4.69) is 0 Å². The molecular formula is C10H13NO5S2. The van der Waals surface area contributed by atoms with Crippen molar-refractivity contribution in [2.45, 2.75) is 29.7 Å². The molecule has 2 rings (SSSR count). The van der Waals surface area contributed by atoms with Gasteiger partial charge >= 0.3 is 5.97 Å². The second-order valence-electron chi connectivity index (χ2n) is 4.18. The molecule has 100 valence electrons. The van der Waals surface area contributed by atoms with Crippen molar-refractivity contribution in [2.24, 2.45) is 0 Å². The van der Waals surface area contributed by atoms with Gasteiger partial charge in [0, 0.05) is 17.8 Å². The van der Waals surface area contributed by atoms with Gasteiger partial charge in [-0.25, -0.2) is 8.42 Å². The molecule has 0 aromatic carbocycles. The summed E-state index contributed by atoms with van der Waals surface area (Å²) in [5.41, 5.74) is 0. The van der Waals surface area contributed by atoms with Crippen LogP contribution in [0.2, 0.25) is 0 Å². The Morgan fingerprint density at radius 1 is 1.50 bits per heavy atom. The molecule has 0 spiro atoms. The first-order valence-corrected chi connectivity index (χ1v) is 7.57. The molecule has 6 nitrogen and oxygen atoms in total. The first kappa shape index (κ1) is 13.5. The zero-order valence-electron chi connectivity index (χ0n) is 9.61. The largest absolute Gasteiger partial charge is 0.480 e. The second-order valence-corrected chi connectivity index (χ2v) is 7.59. The lowest BCUT2D eigenvalue weighted by molar-refractivity contribution is -0.140. The minimum atomic E-state index is -3.83. The Labute approximate surface area is 109 Å². The molecule has 1 aromatic rings. The number of carboxylic acids is 1. The number of aliphatic hydroxyl groups excluding tert-OH is 1. The number of aliphatic carboxylic acids is 1. The molecule has 2 atom stereocenters. The fraction of sp³-hybridized carbons (Fsp3) is 0.500. The van der Waals surface area contributed by atoms with Crippen LogP contribution in [0, 0.1) is 6.92 Å². The zero-order chi connectivity index (χ0) is 13.5. The normalized spacial score (nSPS) is 25.4. The third-order valence-electron chi connectivity index (χ3n) is 2.80. The molecule has 1 aliphatic heterocycles. The number of β-amino-alcohol motifs (C(OH)–C–C–N with tert-alkyl or cyclic N) is 1. The van der Waals surface area contributed by atoms with Gasteiger partial charge in [0.2, 0.25) is 0 Å². The Kier molecular flexibility index (Phi) is 3.45. The monoisotopic (exact) mass is 291 g/mol. The van der Waals surface area contributed by atoms with Crippen molar-refractivity contribution in [1.29, 1.82) is 0 Å². The highest BCUT2D eigenvalue weighted by molar-refractivity contribution is 7.91. The van der Waals surface area contributed by atoms with Gasteiger partial charge in [0.25, 0.3) is 10.0 Å². The van der Waals surface area contributed by atoms with Gasteiger partial charge in [-0.1, -0.05) is 0 Å². The van der Waals surface area contributed by atoms with Crippen LogP contribution in [-0.2, 0) is 14.8 Å². The Bertz CT molecular complexity index is 565. The number of hydrogen-bond donors (Lipinski definition) is 2. The molecule has 1 aliphatic rings. The summed E-state index contributed by atoms with van der Waals surface area (Å²) in [7, 11) is -3.83. The minimum absolute atomic E-state index is 0.0705. The number of rotatable bonds is 3. The standard InChI is InChI=1S/C10H13NO5S2/c1-6-2-3-9(17-6)18(15,16)11-5-7(12)4-8(11)10(13)14/h2-3,7-8,12H,4-5H2,1H3,(H,13,14)/t7-,8-/m1/s1. The highest BCUT2D eigenvalue weighted by Gasteiger charge is 2.43. The third-order valence-corrected chi connectivity index (χ3v) is 6.14. The highest BCUT2D eigenvalue weighted by Crippen LogP contribution is 2.30. The quantitative estimate of drug-likeness (QED) is 0.833. The number of hydrogen-bond acceptors (Lipinski definition) is 5. The van der Waals surface area contributed by atoms with E-state index < -0.39 is 28.1 Å². The van der Waals surface area contributed by atoms with Crippen molar-refractivity contribution in [1.82, 2.24) is 4.31 Å². The van der Waals surface area contributed by atoms with Crippen molar-refractivity contribution in [3.05, 3.63) is 17.0 Å². The van der Waals surface area contributed by atoms with Crippen molar-refractivity contribution >= 4 is 27.3 Å². The summed E-state index contributed by atoms with van der Waals surface area (Å²) in [4.78, 5) is 11.9. The van der Waals surface area contributed by atoms with E-state index in [1.165, 1.54) is 6.07 Å². The lowest BCUT2D eigenvalue weighted by Crippen LogP contribution is -2.40. The topological polar surface area (TPSA) is 94.9 Å². The number of aliphatic hydroxyl groups is 1. The van der Waals surface area contributed by atoms with Crippen molar-refractivity contribution in [3.63, 3.8) is 0 Å². The summed E-state index contributed by atoms with van der Waals surface area (Å²) in [6, 6.07) is 1.94. The van der Waals surface area contributed by atoms with Crippen molar-refractivity contribution in [3.8, 4) is 0 Å². The Balaban J connectivity index is 2.38. The molecular weight excluding hydrogens is 278 g/mol. The number of sulfonamides is 1. The van der Waals surface area contributed by atoms with Gasteiger partial charge in [-0.05, 0) is 19.1 Å². The van der Waals surface area contributed by atoms with Gasteiger partial charge in [-0.15, -0.1) is 11.3 Å². The summed E-state index contributed by atoms with van der Waals surface area (Å²) >= 11 is 1.09. The predicted octanol–water partition coefficient (Wildman–Crippen LogP) is 0.265. The highest BCUT2D eigenvalue weighted by atomic mass is 32.2. The summed E-state index contributed by atoms with van der Waals surface area (Å²) in [6.07, 6.45) is -0.999. The average molecular weight is 291 g/mol. The van der Waals surface area contributed by atoms with E-state index in [0.29, 0.717) is 0 Å². The summed E-state index contributed by atoms with van der Waals surface area (Å²) in [6.45, 7) is 1.60. The lowest BCUT2D eigenvalue weighted by Gasteiger charge is -2.19. The first-order chi connectivity index (χ1) is 8.32. The molecule has 2 heterocycles. The number of carbonyl (C=O) groups is 1. The van der Waals surface area contributed by atoms with E-state index in [4.69, 9.17) is 5.11 Å². The van der Waals surface area contributed by atoms with E-state index in [0.717, 1.165) is 20.5 Å². The summed E-state index contributed by atoms with van der Waals surface area (Å²) < 4.78 is 25.5. The Morgan fingerprint density at radius 3 is 2.67 bits per heavy atom. The van der Waals surface area contributed by atoms with Crippen LogP contribution >= 0.6 is 11.3 Å². The number of nitrogens with zero attached hydrogens (tertiary/aromatic N) is 1.